The van der Waals surface area contributed by atoms with Crippen LogP contribution in [-0.2, 0) is 9.53 Å². The van der Waals surface area contributed by atoms with E-state index in [1.807, 2.05) is 0 Å². The molecule has 2 heterocycles. The standard InChI is InChI=1S/C13H23NO3/c1-2-3-6-14-9-11(12(15)16)13(10-14)4-7-17-8-5-13/h11H,2-10H2,1H3,(H,15,16). The lowest BCUT2D eigenvalue weighted by Crippen LogP contribution is -2.40. The largest absolute Gasteiger partial charge is 0.481 e. The van der Waals surface area contributed by atoms with Crippen molar-refractivity contribution in [3.8, 4) is 0 Å². The van der Waals surface area contributed by atoms with Crippen LogP contribution in [0.4, 0.5) is 0 Å². The van der Waals surface area contributed by atoms with E-state index in [0.717, 1.165) is 45.7 Å². The zero-order valence-corrected chi connectivity index (χ0v) is 10.7. The van der Waals surface area contributed by atoms with Crippen molar-refractivity contribution in [2.24, 2.45) is 11.3 Å². The van der Waals surface area contributed by atoms with Crippen molar-refractivity contribution >= 4 is 5.97 Å². The fraction of sp³-hybridized carbons (Fsp3) is 0.923. The van der Waals surface area contributed by atoms with E-state index in [0.29, 0.717) is 0 Å². The molecule has 1 atom stereocenters. The number of hydrogen-bond donors (Lipinski definition) is 1. The Balaban J connectivity index is 2.04. The number of rotatable bonds is 4. The smallest absolute Gasteiger partial charge is 0.308 e. The zero-order chi connectivity index (χ0) is 12.3. The van der Waals surface area contributed by atoms with Crippen LogP contribution in [0.5, 0.6) is 0 Å². The van der Waals surface area contributed by atoms with E-state index in [4.69, 9.17) is 4.74 Å². The summed E-state index contributed by atoms with van der Waals surface area (Å²) in [6.45, 7) is 6.36. The molecule has 1 spiro atoms. The molecule has 0 saturated carbocycles. The maximum absolute atomic E-state index is 11.4. The van der Waals surface area contributed by atoms with E-state index in [1.165, 1.54) is 12.8 Å². The van der Waals surface area contributed by atoms with Gasteiger partial charge in [-0.2, -0.15) is 0 Å². The van der Waals surface area contributed by atoms with Crippen LogP contribution < -0.4 is 0 Å². The first kappa shape index (κ1) is 12.8. The lowest BCUT2D eigenvalue weighted by atomic mass is 9.72. The van der Waals surface area contributed by atoms with Gasteiger partial charge in [-0.1, -0.05) is 13.3 Å². The Morgan fingerprint density at radius 1 is 1.47 bits per heavy atom. The SMILES string of the molecule is CCCCN1CC(C(=O)O)C2(CCOCC2)C1. The number of carboxylic acids is 1. The highest BCUT2D eigenvalue weighted by Gasteiger charge is 2.50. The summed E-state index contributed by atoms with van der Waals surface area (Å²) in [5, 5.41) is 9.41. The van der Waals surface area contributed by atoms with Crippen LogP contribution in [0.3, 0.4) is 0 Å². The number of hydrogen-bond acceptors (Lipinski definition) is 3. The molecular weight excluding hydrogens is 218 g/mol. The van der Waals surface area contributed by atoms with Gasteiger partial charge in [0, 0.05) is 31.7 Å². The maximum Gasteiger partial charge on any atom is 0.308 e. The summed E-state index contributed by atoms with van der Waals surface area (Å²) in [5.41, 5.74) is -0.0160. The van der Waals surface area contributed by atoms with Crippen molar-refractivity contribution in [3.05, 3.63) is 0 Å². The Morgan fingerprint density at radius 3 is 2.76 bits per heavy atom. The number of unbranched alkanes of at least 4 members (excludes halogenated alkanes) is 1. The minimum atomic E-state index is -0.620. The third-order valence-electron chi connectivity index (χ3n) is 4.33. The van der Waals surface area contributed by atoms with Crippen LogP contribution in [0.15, 0.2) is 0 Å². The van der Waals surface area contributed by atoms with Crippen molar-refractivity contribution in [2.45, 2.75) is 32.6 Å². The molecule has 0 amide bonds. The molecule has 17 heavy (non-hydrogen) atoms. The molecule has 1 N–H and O–H groups in total. The minimum absolute atomic E-state index is 0.0160. The summed E-state index contributed by atoms with van der Waals surface area (Å²) < 4.78 is 5.39. The molecule has 2 saturated heterocycles. The van der Waals surface area contributed by atoms with Crippen LogP contribution in [0, 0.1) is 11.3 Å². The second-order valence-electron chi connectivity index (χ2n) is 5.45. The first-order valence-corrected chi connectivity index (χ1v) is 6.71. The molecule has 0 radical (unpaired) electrons. The molecule has 98 valence electrons. The van der Waals surface area contributed by atoms with E-state index in [9.17, 15) is 9.90 Å². The number of ether oxygens (including phenoxy) is 1. The Labute approximate surface area is 103 Å². The summed E-state index contributed by atoms with van der Waals surface area (Å²) >= 11 is 0. The zero-order valence-electron chi connectivity index (χ0n) is 10.7. The van der Waals surface area contributed by atoms with Crippen molar-refractivity contribution in [2.75, 3.05) is 32.8 Å². The highest BCUT2D eigenvalue weighted by atomic mass is 16.5. The summed E-state index contributed by atoms with van der Waals surface area (Å²) in [6, 6.07) is 0. The molecule has 0 aliphatic carbocycles. The van der Waals surface area contributed by atoms with Crippen LogP contribution in [0.2, 0.25) is 0 Å². The second kappa shape index (κ2) is 5.36. The molecule has 1 unspecified atom stereocenters. The van der Waals surface area contributed by atoms with Gasteiger partial charge in [-0.15, -0.1) is 0 Å². The monoisotopic (exact) mass is 241 g/mol. The van der Waals surface area contributed by atoms with Crippen LogP contribution >= 0.6 is 0 Å². The second-order valence-corrected chi connectivity index (χ2v) is 5.45. The molecular formula is C13H23NO3. The van der Waals surface area contributed by atoms with E-state index in [1.54, 1.807) is 0 Å². The number of carboxylic acid groups (broad SMARTS) is 1. The summed E-state index contributed by atoms with van der Waals surface area (Å²) in [4.78, 5) is 13.8. The summed E-state index contributed by atoms with van der Waals surface area (Å²) in [6.07, 6.45) is 4.16. The van der Waals surface area contributed by atoms with Gasteiger partial charge in [0.1, 0.15) is 0 Å². The molecule has 0 aromatic heterocycles. The Hall–Kier alpha value is -0.610. The van der Waals surface area contributed by atoms with Gasteiger partial charge in [-0.3, -0.25) is 4.79 Å². The van der Waals surface area contributed by atoms with Gasteiger partial charge in [0.05, 0.1) is 5.92 Å². The number of carbonyl (C=O) groups is 1. The maximum atomic E-state index is 11.4. The first-order valence-electron chi connectivity index (χ1n) is 6.71. The fourth-order valence-electron chi connectivity index (χ4n) is 3.25. The first-order chi connectivity index (χ1) is 8.18. The third-order valence-corrected chi connectivity index (χ3v) is 4.33. The molecule has 4 nitrogen and oxygen atoms in total. The lowest BCUT2D eigenvalue weighted by molar-refractivity contribution is -0.146. The molecule has 2 rings (SSSR count). The highest BCUT2D eigenvalue weighted by Crippen LogP contribution is 2.44. The predicted molar refractivity (Wildman–Crippen MR) is 65.0 cm³/mol. The number of likely N-dealkylation sites (tertiary alicyclic amines) is 1. The molecule has 2 aliphatic rings. The Morgan fingerprint density at radius 2 is 2.18 bits per heavy atom. The molecule has 0 aromatic carbocycles. The van der Waals surface area contributed by atoms with Gasteiger partial charge >= 0.3 is 5.97 Å². The van der Waals surface area contributed by atoms with E-state index < -0.39 is 5.97 Å². The number of nitrogens with zero attached hydrogens (tertiary/aromatic N) is 1. The van der Waals surface area contributed by atoms with Gasteiger partial charge in [0.25, 0.3) is 0 Å². The topological polar surface area (TPSA) is 49.8 Å². The molecule has 2 aliphatic heterocycles. The van der Waals surface area contributed by atoms with Gasteiger partial charge in [-0.05, 0) is 25.8 Å². The van der Waals surface area contributed by atoms with Gasteiger partial charge in [-0.25, -0.2) is 0 Å². The minimum Gasteiger partial charge on any atom is -0.481 e. The normalized spacial score (nSPS) is 28.6. The van der Waals surface area contributed by atoms with Gasteiger partial charge in [0.15, 0.2) is 0 Å². The van der Waals surface area contributed by atoms with Gasteiger partial charge < -0.3 is 14.7 Å². The Bertz CT molecular complexity index is 274. The van der Waals surface area contributed by atoms with Gasteiger partial charge in [0.2, 0.25) is 0 Å². The fourth-order valence-corrected chi connectivity index (χ4v) is 3.25. The lowest BCUT2D eigenvalue weighted by Gasteiger charge is -2.36. The van der Waals surface area contributed by atoms with E-state index in [-0.39, 0.29) is 11.3 Å². The van der Waals surface area contributed by atoms with Crippen molar-refractivity contribution in [3.63, 3.8) is 0 Å². The average molecular weight is 241 g/mol. The summed E-state index contributed by atoms with van der Waals surface area (Å²) in [5.74, 6) is -0.811. The van der Waals surface area contributed by atoms with Crippen LogP contribution in [0.1, 0.15) is 32.6 Å². The van der Waals surface area contributed by atoms with Crippen molar-refractivity contribution < 1.29 is 14.6 Å². The van der Waals surface area contributed by atoms with Crippen LogP contribution in [-0.4, -0.2) is 48.8 Å². The molecule has 2 fully saturated rings. The average Bonchev–Trinajstić information content (AvgIpc) is 2.66. The quantitative estimate of drug-likeness (QED) is 0.812. The Kier molecular flexibility index (Phi) is 4.05. The van der Waals surface area contributed by atoms with E-state index in [2.05, 4.69) is 11.8 Å². The van der Waals surface area contributed by atoms with Crippen LogP contribution in [0.25, 0.3) is 0 Å². The molecule has 0 bridgehead atoms. The highest BCUT2D eigenvalue weighted by molar-refractivity contribution is 5.72. The van der Waals surface area contributed by atoms with Crippen molar-refractivity contribution in [1.29, 1.82) is 0 Å². The number of aliphatic carboxylic acids is 1. The third kappa shape index (κ3) is 2.63. The predicted octanol–water partition coefficient (Wildman–Crippen LogP) is 1.60. The molecule has 4 heteroatoms. The molecule has 0 aromatic rings. The summed E-state index contributed by atoms with van der Waals surface area (Å²) in [7, 11) is 0. The van der Waals surface area contributed by atoms with Crippen molar-refractivity contribution in [1.82, 2.24) is 4.90 Å². The van der Waals surface area contributed by atoms with E-state index >= 15 is 0 Å².